The van der Waals surface area contributed by atoms with Crippen LogP contribution in [-0.4, -0.2) is 43.3 Å². The molecule has 9 nitrogen and oxygen atoms in total. The molecule has 12 heteroatoms. The normalized spacial score (nSPS) is 14.6. The van der Waals surface area contributed by atoms with Gasteiger partial charge in [0, 0.05) is 21.9 Å². The van der Waals surface area contributed by atoms with Gasteiger partial charge in [0.15, 0.2) is 9.84 Å². The van der Waals surface area contributed by atoms with Crippen molar-refractivity contribution >= 4 is 55.5 Å². The number of fused-ring (bicyclic) bond motifs is 1. The third-order valence-corrected chi connectivity index (χ3v) is 8.15. The number of carbonyl (C=O) groups is 2. The molecule has 1 aliphatic rings. The number of anilines is 1. The lowest BCUT2D eigenvalue weighted by molar-refractivity contribution is -0.384. The summed E-state index contributed by atoms with van der Waals surface area (Å²) in [6.45, 7) is 1.82. The highest BCUT2D eigenvalue weighted by atomic mass is 32.2. The molecule has 2 aromatic rings. The zero-order chi connectivity index (χ0) is 21.9. The fourth-order valence-corrected chi connectivity index (χ4v) is 6.66. The van der Waals surface area contributed by atoms with Crippen LogP contribution in [0.5, 0.6) is 0 Å². The zero-order valence-corrected chi connectivity index (χ0v) is 18.3. The van der Waals surface area contributed by atoms with Crippen molar-refractivity contribution < 1.29 is 27.7 Å². The number of non-ortho nitro benzene ring substituents is 1. The number of hydrogen-bond acceptors (Lipinski definition) is 9. The lowest BCUT2D eigenvalue weighted by Crippen LogP contribution is -2.20. The molecule has 2 heterocycles. The van der Waals surface area contributed by atoms with Crippen LogP contribution in [0.4, 0.5) is 10.7 Å². The smallest absolute Gasteiger partial charge is 0.341 e. The quantitative estimate of drug-likeness (QED) is 0.283. The van der Waals surface area contributed by atoms with E-state index < -0.39 is 20.7 Å². The third kappa shape index (κ3) is 5.18. The van der Waals surface area contributed by atoms with Crippen LogP contribution in [-0.2, 0) is 31.5 Å². The van der Waals surface area contributed by atoms with Gasteiger partial charge in [-0.05, 0) is 31.0 Å². The molecular weight excluding hydrogens is 452 g/mol. The van der Waals surface area contributed by atoms with E-state index in [4.69, 9.17) is 4.74 Å². The Labute approximate surface area is 180 Å². The maximum atomic E-state index is 12.4. The van der Waals surface area contributed by atoms with E-state index >= 15 is 0 Å². The molecule has 0 saturated carbocycles. The Morgan fingerprint density at radius 2 is 2.00 bits per heavy atom. The van der Waals surface area contributed by atoms with Crippen molar-refractivity contribution in [2.75, 3.05) is 23.4 Å². The lowest BCUT2D eigenvalue weighted by Gasteiger charge is -2.13. The molecule has 0 fully saturated rings. The molecule has 0 saturated heterocycles. The van der Waals surface area contributed by atoms with E-state index in [9.17, 15) is 28.1 Å². The summed E-state index contributed by atoms with van der Waals surface area (Å²) in [6.07, 6.45) is 0.204. The Morgan fingerprint density at radius 3 is 2.63 bits per heavy atom. The maximum absolute atomic E-state index is 12.4. The molecule has 0 unspecified atom stereocenters. The first kappa shape index (κ1) is 22.2. The van der Waals surface area contributed by atoms with Crippen LogP contribution >= 0.6 is 23.1 Å². The van der Waals surface area contributed by atoms with Crippen LogP contribution in [0.15, 0.2) is 29.2 Å². The summed E-state index contributed by atoms with van der Waals surface area (Å²) in [5, 5.41) is 13.7. The summed E-state index contributed by atoms with van der Waals surface area (Å²) in [6, 6.07) is 5.81. The van der Waals surface area contributed by atoms with Crippen LogP contribution < -0.4 is 5.32 Å². The molecule has 30 heavy (non-hydrogen) atoms. The number of nitrogens with zero attached hydrogens (tertiary/aromatic N) is 1. The van der Waals surface area contributed by atoms with Crippen molar-refractivity contribution in [3.63, 3.8) is 0 Å². The van der Waals surface area contributed by atoms with Gasteiger partial charge in [0.05, 0.1) is 34.4 Å². The number of nitrogens with one attached hydrogen (secondary N) is 1. The standard InChI is InChI=1S/C18H18N2O7S3/c1-2-27-18(22)16-13-7-8-30(25,26)10-14(13)29-17(16)19-15(21)9-28-12-5-3-11(4-6-12)20(23)24/h3-6H,2,7-10H2,1H3,(H,19,21). The number of esters is 1. The first-order valence-electron chi connectivity index (χ1n) is 8.89. The molecule has 0 aliphatic carbocycles. The van der Waals surface area contributed by atoms with Crippen LogP contribution in [0.25, 0.3) is 0 Å². The number of hydrogen-bond donors (Lipinski definition) is 1. The van der Waals surface area contributed by atoms with Gasteiger partial charge in [-0.15, -0.1) is 23.1 Å². The molecule has 1 aromatic heterocycles. The summed E-state index contributed by atoms with van der Waals surface area (Å²) in [5.41, 5.74) is 0.800. The average molecular weight is 471 g/mol. The molecule has 3 rings (SSSR count). The summed E-state index contributed by atoms with van der Waals surface area (Å²) >= 11 is 2.26. The Morgan fingerprint density at radius 1 is 1.30 bits per heavy atom. The number of thioether (sulfide) groups is 1. The lowest BCUT2D eigenvalue weighted by atomic mass is 10.1. The molecule has 0 radical (unpaired) electrons. The fourth-order valence-electron chi connectivity index (χ4n) is 2.91. The number of benzene rings is 1. The molecule has 1 aromatic carbocycles. The van der Waals surface area contributed by atoms with Crippen LogP contribution in [0.2, 0.25) is 0 Å². The number of amides is 1. The van der Waals surface area contributed by atoms with Gasteiger partial charge in [-0.3, -0.25) is 14.9 Å². The Hall–Kier alpha value is -2.44. The van der Waals surface area contributed by atoms with E-state index in [1.165, 1.54) is 23.9 Å². The number of nitro groups is 1. The second kappa shape index (κ2) is 9.14. The van der Waals surface area contributed by atoms with E-state index in [2.05, 4.69) is 5.32 Å². The Balaban J connectivity index is 1.74. The molecular formula is C18H18N2O7S3. The van der Waals surface area contributed by atoms with Gasteiger partial charge in [-0.1, -0.05) is 0 Å². The average Bonchev–Trinajstić information content (AvgIpc) is 3.02. The van der Waals surface area contributed by atoms with Crippen LogP contribution in [0, 0.1) is 10.1 Å². The number of rotatable bonds is 7. The van der Waals surface area contributed by atoms with Gasteiger partial charge in [0.1, 0.15) is 5.00 Å². The van der Waals surface area contributed by atoms with Gasteiger partial charge in [-0.2, -0.15) is 0 Å². The van der Waals surface area contributed by atoms with Crippen molar-refractivity contribution in [2.45, 2.75) is 24.0 Å². The molecule has 160 valence electrons. The van der Waals surface area contributed by atoms with Crippen molar-refractivity contribution in [1.82, 2.24) is 0 Å². The summed E-state index contributed by atoms with van der Waals surface area (Å²) in [4.78, 5) is 36.3. The van der Waals surface area contributed by atoms with E-state index in [0.717, 1.165) is 11.3 Å². The van der Waals surface area contributed by atoms with Crippen molar-refractivity contribution in [2.24, 2.45) is 0 Å². The molecule has 0 atom stereocenters. The highest BCUT2D eigenvalue weighted by Gasteiger charge is 2.32. The van der Waals surface area contributed by atoms with Gasteiger partial charge in [0.2, 0.25) is 5.91 Å². The maximum Gasteiger partial charge on any atom is 0.341 e. The SMILES string of the molecule is CCOC(=O)c1c(NC(=O)CSc2ccc([N+](=O)[O-])cc2)sc2c1CCS(=O)(=O)C2. The molecule has 0 spiro atoms. The fraction of sp³-hybridized carbons (Fsp3) is 0.333. The van der Waals surface area contributed by atoms with E-state index in [0.29, 0.717) is 15.3 Å². The molecule has 1 N–H and O–H groups in total. The number of thiophene rings is 1. The Kier molecular flexibility index (Phi) is 6.78. The van der Waals surface area contributed by atoms with Gasteiger partial charge < -0.3 is 10.1 Å². The Bertz CT molecular complexity index is 1090. The van der Waals surface area contributed by atoms with Crippen LogP contribution in [0.3, 0.4) is 0 Å². The third-order valence-electron chi connectivity index (χ3n) is 4.25. The van der Waals surface area contributed by atoms with Crippen LogP contribution in [0.1, 0.15) is 27.7 Å². The first-order chi connectivity index (χ1) is 14.2. The number of nitro benzene ring substituents is 1. The van der Waals surface area contributed by atoms with E-state index in [-0.39, 0.29) is 52.4 Å². The minimum absolute atomic E-state index is 0.0148. The topological polar surface area (TPSA) is 133 Å². The predicted octanol–water partition coefficient (Wildman–Crippen LogP) is 3.03. The zero-order valence-electron chi connectivity index (χ0n) is 15.9. The van der Waals surface area contributed by atoms with Crippen molar-refractivity contribution in [3.8, 4) is 0 Å². The van der Waals surface area contributed by atoms with E-state index in [1.54, 1.807) is 19.1 Å². The monoisotopic (exact) mass is 470 g/mol. The summed E-state index contributed by atoms with van der Waals surface area (Å²) < 4.78 is 29.0. The number of ether oxygens (including phenoxy) is 1. The predicted molar refractivity (Wildman–Crippen MR) is 114 cm³/mol. The van der Waals surface area contributed by atoms with Crippen molar-refractivity contribution in [1.29, 1.82) is 0 Å². The number of sulfone groups is 1. The largest absolute Gasteiger partial charge is 0.462 e. The van der Waals surface area contributed by atoms with E-state index in [1.807, 2.05) is 0 Å². The highest BCUT2D eigenvalue weighted by molar-refractivity contribution is 8.00. The van der Waals surface area contributed by atoms with Crippen molar-refractivity contribution in [3.05, 3.63) is 50.4 Å². The molecule has 1 amide bonds. The minimum Gasteiger partial charge on any atom is -0.462 e. The second-order valence-electron chi connectivity index (χ2n) is 6.36. The first-order valence-corrected chi connectivity index (χ1v) is 12.5. The second-order valence-corrected chi connectivity index (χ2v) is 10.7. The molecule has 1 aliphatic heterocycles. The van der Waals surface area contributed by atoms with Gasteiger partial charge in [-0.25, -0.2) is 13.2 Å². The minimum atomic E-state index is -3.23. The number of carbonyl (C=O) groups excluding carboxylic acids is 2. The summed E-state index contributed by atoms with van der Waals surface area (Å²) in [5.74, 6) is -1.17. The summed E-state index contributed by atoms with van der Waals surface area (Å²) in [7, 11) is -3.23. The highest BCUT2D eigenvalue weighted by Crippen LogP contribution is 2.38. The van der Waals surface area contributed by atoms with Gasteiger partial charge in [0.25, 0.3) is 5.69 Å². The molecule has 0 bridgehead atoms. The van der Waals surface area contributed by atoms with Gasteiger partial charge >= 0.3 is 5.97 Å².